The van der Waals surface area contributed by atoms with E-state index >= 15 is 0 Å². The summed E-state index contributed by atoms with van der Waals surface area (Å²) < 4.78 is 32.6. The monoisotopic (exact) mass is 395 g/mol. The van der Waals surface area contributed by atoms with Crippen LogP contribution in [0.25, 0.3) is 0 Å². The summed E-state index contributed by atoms with van der Waals surface area (Å²) >= 11 is 0. The van der Waals surface area contributed by atoms with E-state index in [2.05, 4.69) is 10.6 Å². The molecule has 0 saturated heterocycles. The lowest BCUT2D eigenvalue weighted by Crippen LogP contribution is -2.48. The molecule has 0 atom stereocenters. The number of hydrogen-bond acceptors (Lipinski definition) is 4. The van der Waals surface area contributed by atoms with Gasteiger partial charge in [0.25, 0.3) is 0 Å². The highest BCUT2D eigenvalue weighted by Gasteiger charge is 2.31. The fraction of sp³-hybridized carbons (Fsp3) is 0.632. The highest BCUT2D eigenvalue weighted by atomic mass is 32.2. The first-order valence-electron chi connectivity index (χ1n) is 9.58. The molecule has 2 N–H and O–H groups in total. The number of urea groups is 1. The van der Waals surface area contributed by atoms with E-state index in [4.69, 9.17) is 4.74 Å². The quantitative estimate of drug-likeness (QED) is 0.775. The fourth-order valence-electron chi connectivity index (χ4n) is 3.77. The number of carbonyl (C=O) groups is 1. The third-order valence-corrected chi connectivity index (χ3v) is 7.53. The van der Waals surface area contributed by atoms with Gasteiger partial charge >= 0.3 is 6.03 Å². The molecule has 1 aromatic carbocycles. The van der Waals surface area contributed by atoms with Crippen LogP contribution in [-0.2, 0) is 14.8 Å². The topological polar surface area (TPSA) is 87.7 Å². The van der Waals surface area contributed by atoms with Crippen molar-refractivity contribution in [2.24, 2.45) is 0 Å². The van der Waals surface area contributed by atoms with Crippen molar-refractivity contribution in [2.45, 2.75) is 68.0 Å². The zero-order valence-electron chi connectivity index (χ0n) is 16.0. The number of nitrogens with zero attached hydrogens (tertiary/aromatic N) is 1. The van der Waals surface area contributed by atoms with Gasteiger partial charge in [-0.05, 0) is 43.9 Å². The molecule has 0 heterocycles. The molecule has 3 rings (SSSR count). The van der Waals surface area contributed by atoms with Crippen LogP contribution in [0.4, 0.5) is 10.5 Å². The largest absolute Gasteiger partial charge is 0.381 e. The van der Waals surface area contributed by atoms with E-state index in [1.54, 1.807) is 32.4 Å². The first kappa shape index (κ1) is 20.1. The SMILES string of the molecule is COC1CC(NC(=O)Nc2cccc(S(=O)(=O)N(C)C3CCCCC3)c2)C1. The van der Waals surface area contributed by atoms with Crippen LogP contribution < -0.4 is 10.6 Å². The van der Waals surface area contributed by atoms with Crippen molar-refractivity contribution in [1.29, 1.82) is 0 Å². The van der Waals surface area contributed by atoms with Crippen LogP contribution >= 0.6 is 0 Å². The van der Waals surface area contributed by atoms with E-state index in [-0.39, 0.29) is 29.1 Å². The Labute approximate surface area is 161 Å². The zero-order chi connectivity index (χ0) is 19.4. The number of hydrogen-bond donors (Lipinski definition) is 2. The Hall–Kier alpha value is -1.64. The van der Waals surface area contributed by atoms with Crippen LogP contribution in [0.3, 0.4) is 0 Å². The lowest BCUT2D eigenvalue weighted by molar-refractivity contribution is 0.0210. The molecular formula is C19H29N3O4S. The predicted molar refractivity (Wildman–Crippen MR) is 104 cm³/mol. The number of methoxy groups -OCH3 is 1. The minimum absolute atomic E-state index is 0.0519. The Balaban J connectivity index is 1.63. The molecule has 2 saturated carbocycles. The molecule has 0 aromatic heterocycles. The van der Waals surface area contributed by atoms with Gasteiger partial charge in [0.05, 0.1) is 11.0 Å². The summed E-state index contributed by atoms with van der Waals surface area (Å²) in [5, 5.41) is 5.60. The van der Waals surface area contributed by atoms with Crippen molar-refractivity contribution in [1.82, 2.24) is 9.62 Å². The molecule has 0 aliphatic heterocycles. The maximum atomic E-state index is 13.0. The molecule has 150 valence electrons. The summed E-state index contributed by atoms with van der Waals surface area (Å²) in [6.45, 7) is 0. The first-order valence-corrected chi connectivity index (χ1v) is 11.0. The Morgan fingerprint density at radius 3 is 2.56 bits per heavy atom. The lowest BCUT2D eigenvalue weighted by Gasteiger charge is -2.34. The highest BCUT2D eigenvalue weighted by molar-refractivity contribution is 7.89. The predicted octanol–water partition coefficient (Wildman–Crippen LogP) is 2.94. The number of rotatable bonds is 6. The van der Waals surface area contributed by atoms with Gasteiger partial charge < -0.3 is 15.4 Å². The normalized spacial score (nSPS) is 23.7. The molecule has 2 aliphatic rings. The van der Waals surface area contributed by atoms with Crippen molar-refractivity contribution in [2.75, 3.05) is 19.5 Å². The molecule has 2 fully saturated rings. The molecule has 1 aromatic rings. The van der Waals surface area contributed by atoms with Crippen LogP contribution in [-0.4, -0.2) is 51.1 Å². The second kappa shape index (κ2) is 8.58. The molecule has 2 aliphatic carbocycles. The standard InChI is InChI=1S/C19H29N3O4S/c1-22(16-8-4-3-5-9-16)27(24,25)18-10-6-7-14(13-18)20-19(23)21-15-11-17(12-15)26-2/h6-7,10,13,15-17H,3-5,8-9,11-12H2,1-2H3,(H2,20,21,23). The number of sulfonamides is 1. The average Bonchev–Trinajstić information content (AvgIpc) is 2.64. The molecule has 0 bridgehead atoms. The molecule has 0 unspecified atom stereocenters. The number of ether oxygens (including phenoxy) is 1. The highest BCUT2D eigenvalue weighted by Crippen LogP contribution is 2.27. The van der Waals surface area contributed by atoms with E-state index in [0.29, 0.717) is 5.69 Å². The molecular weight excluding hydrogens is 366 g/mol. The van der Waals surface area contributed by atoms with Crippen LogP contribution in [0.5, 0.6) is 0 Å². The van der Waals surface area contributed by atoms with Gasteiger partial charge in [0.15, 0.2) is 0 Å². The van der Waals surface area contributed by atoms with E-state index in [9.17, 15) is 13.2 Å². The summed E-state index contributed by atoms with van der Waals surface area (Å²) in [5.41, 5.74) is 0.466. The van der Waals surface area contributed by atoms with Gasteiger partial charge in [0.2, 0.25) is 10.0 Å². The lowest BCUT2D eigenvalue weighted by atomic mass is 9.89. The molecule has 2 amide bonds. The summed E-state index contributed by atoms with van der Waals surface area (Å²) in [4.78, 5) is 12.3. The molecule has 0 radical (unpaired) electrons. The molecule has 7 nitrogen and oxygen atoms in total. The van der Waals surface area contributed by atoms with E-state index in [0.717, 1.165) is 38.5 Å². The van der Waals surface area contributed by atoms with Crippen molar-refractivity contribution in [3.8, 4) is 0 Å². The third kappa shape index (κ3) is 4.80. The summed E-state index contributed by atoms with van der Waals surface area (Å²) in [6, 6.07) is 6.26. The smallest absolute Gasteiger partial charge is 0.319 e. The zero-order valence-corrected chi connectivity index (χ0v) is 16.8. The van der Waals surface area contributed by atoms with Gasteiger partial charge in [-0.15, -0.1) is 0 Å². The van der Waals surface area contributed by atoms with Crippen LogP contribution in [0.15, 0.2) is 29.2 Å². The van der Waals surface area contributed by atoms with Gasteiger partial charge in [-0.2, -0.15) is 4.31 Å². The van der Waals surface area contributed by atoms with Crippen molar-refractivity contribution >= 4 is 21.7 Å². The average molecular weight is 396 g/mol. The third-order valence-electron chi connectivity index (χ3n) is 5.62. The van der Waals surface area contributed by atoms with Gasteiger partial charge in [0.1, 0.15) is 0 Å². The van der Waals surface area contributed by atoms with Gasteiger partial charge in [-0.25, -0.2) is 13.2 Å². The summed E-state index contributed by atoms with van der Waals surface area (Å²) in [5.74, 6) is 0. The molecule has 8 heteroatoms. The number of carbonyl (C=O) groups excluding carboxylic acids is 1. The first-order chi connectivity index (χ1) is 12.9. The number of anilines is 1. The summed E-state index contributed by atoms with van der Waals surface area (Å²) in [7, 11) is -0.261. The maximum absolute atomic E-state index is 13.0. The summed E-state index contributed by atoms with van der Waals surface area (Å²) in [6.07, 6.45) is 6.91. The number of benzene rings is 1. The van der Waals surface area contributed by atoms with Crippen LogP contribution in [0, 0.1) is 0 Å². The maximum Gasteiger partial charge on any atom is 0.319 e. The van der Waals surface area contributed by atoms with Gasteiger partial charge in [-0.1, -0.05) is 25.3 Å². The Morgan fingerprint density at radius 1 is 1.19 bits per heavy atom. The van der Waals surface area contributed by atoms with E-state index in [1.165, 1.54) is 16.8 Å². The van der Waals surface area contributed by atoms with Crippen molar-refractivity contribution in [3.63, 3.8) is 0 Å². The van der Waals surface area contributed by atoms with Crippen molar-refractivity contribution in [3.05, 3.63) is 24.3 Å². The number of nitrogens with one attached hydrogen (secondary N) is 2. The van der Waals surface area contributed by atoms with Crippen LogP contribution in [0.2, 0.25) is 0 Å². The van der Waals surface area contributed by atoms with Crippen LogP contribution in [0.1, 0.15) is 44.9 Å². The molecule has 27 heavy (non-hydrogen) atoms. The Bertz CT molecular complexity index is 756. The van der Waals surface area contributed by atoms with E-state index in [1.807, 2.05) is 0 Å². The Kier molecular flexibility index (Phi) is 6.39. The van der Waals surface area contributed by atoms with Gasteiger partial charge in [0, 0.05) is 31.9 Å². The van der Waals surface area contributed by atoms with Crippen molar-refractivity contribution < 1.29 is 17.9 Å². The number of amides is 2. The van der Waals surface area contributed by atoms with E-state index < -0.39 is 10.0 Å². The molecule has 0 spiro atoms. The minimum Gasteiger partial charge on any atom is -0.381 e. The minimum atomic E-state index is -3.58. The Morgan fingerprint density at radius 2 is 1.89 bits per heavy atom. The second-order valence-corrected chi connectivity index (χ2v) is 9.46. The van der Waals surface area contributed by atoms with Gasteiger partial charge in [-0.3, -0.25) is 0 Å². The fourth-order valence-corrected chi connectivity index (χ4v) is 5.23. The second-order valence-electron chi connectivity index (χ2n) is 7.47.